The number of ketones is 1. The SMILES string of the molecule is COc1ccc(NC2=C(C3=CC(O)(c4ccccc4)N(c4ccccc4)C3=O)C(=O)c3ccccc32)cc1. The lowest BCUT2D eigenvalue weighted by atomic mass is 9.98. The van der Waals surface area contributed by atoms with Crippen molar-refractivity contribution in [3.8, 4) is 5.75 Å². The molecular formula is C32H24N2O4. The van der Waals surface area contributed by atoms with Crippen LogP contribution in [0.15, 0.2) is 126 Å². The second-order valence-electron chi connectivity index (χ2n) is 9.10. The van der Waals surface area contributed by atoms with Crippen LogP contribution in [0.2, 0.25) is 0 Å². The van der Waals surface area contributed by atoms with Crippen molar-refractivity contribution >= 4 is 28.8 Å². The number of carbonyl (C=O) groups is 2. The fourth-order valence-electron chi connectivity index (χ4n) is 5.06. The number of ether oxygens (including phenoxy) is 1. The molecule has 1 aliphatic carbocycles. The Balaban J connectivity index is 1.54. The van der Waals surface area contributed by atoms with Gasteiger partial charge in [0.25, 0.3) is 5.91 Å². The van der Waals surface area contributed by atoms with E-state index in [0.717, 1.165) is 5.69 Å². The molecule has 1 aliphatic heterocycles. The maximum absolute atomic E-state index is 14.1. The van der Waals surface area contributed by atoms with E-state index in [1.54, 1.807) is 67.8 Å². The molecule has 6 nitrogen and oxygen atoms in total. The van der Waals surface area contributed by atoms with E-state index in [1.165, 1.54) is 11.0 Å². The van der Waals surface area contributed by atoms with Gasteiger partial charge in [-0.05, 0) is 42.5 Å². The van der Waals surface area contributed by atoms with Gasteiger partial charge in [0.1, 0.15) is 5.75 Å². The molecule has 1 heterocycles. The number of amides is 1. The predicted molar refractivity (Wildman–Crippen MR) is 147 cm³/mol. The third kappa shape index (κ3) is 3.70. The molecule has 4 aromatic rings. The molecule has 186 valence electrons. The lowest BCUT2D eigenvalue weighted by Gasteiger charge is -2.33. The first kappa shape index (κ1) is 23.5. The van der Waals surface area contributed by atoms with Gasteiger partial charge in [-0.2, -0.15) is 0 Å². The van der Waals surface area contributed by atoms with Gasteiger partial charge in [-0.3, -0.25) is 14.5 Å². The third-order valence-corrected chi connectivity index (χ3v) is 6.88. The Labute approximate surface area is 220 Å². The molecule has 6 heteroatoms. The average Bonchev–Trinajstić information content (AvgIpc) is 3.39. The van der Waals surface area contributed by atoms with E-state index in [9.17, 15) is 14.7 Å². The summed E-state index contributed by atoms with van der Waals surface area (Å²) in [7, 11) is 1.60. The third-order valence-electron chi connectivity index (χ3n) is 6.88. The summed E-state index contributed by atoms with van der Waals surface area (Å²) in [5.41, 5.74) is 2.03. The number of benzene rings is 4. The molecule has 4 aromatic carbocycles. The van der Waals surface area contributed by atoms with Crippen molar-refractivity contribution in [2.75, 3.05) is 17.3 Å². The van der Waals surface area contributed by atoms with Crippen LogP contribution in [0.25, 0.3) is 5.70 Å². The summed E-state index contributed by atoms with van der Waals surface area (Å²) in [5, 5.41) is 15.4. The van der Waals surface area contributed by atoms with Gasteiger partial charge in [-0.1, -0.05) is 72.8 Å². The summed E-state index contributed by atoms with van der Waals surface area (Å²) in [4.78, 5) is 29.3. The largest absolute Gasteiger partial charge is 0.497 e. The number of carbonyl (C=O) groups excluding carboxylic acids is 2. The molecule has 1 unspecified atom stereocenters. The Morgan fingerprint density at radius 2 is 1.37 bits per heavy atom. The van der Waals surface area contributed by atoms with Crippen molar-refractivity contribution in [3.05, 3.63) is 143 Å². The van der Waals surface area contributed by atoms with Crippen LogP contribution in [-0.2, 0) is 10.5 Å². The van der Waals surface area contributed by atoms with Gasteiger partial charge in [0.15, 0.2) is 11.5 Å². The van der Waals surface area contributed by atoms with Crippen LogP contribution >= 0.6 is 0 Å². The Hall–Kier alpha value is -4.94. The lowest BCUT2D eigenvalue weighted by molar-refractivity contribution is -0.116. The molecule has 0 bridgehead atoms. The zero-order chi connectivity index (χ0) is 26.3. The fraction of sp³-hybridized carbons (Fsp3) is 0.0625. The molecule has 0 spiro atoms. The van der Waals surface area contributed by atoms with Gasteiger partial charge in [0, 0.05) is 28.1 Å². The quantitative estimate of drug-likeness (QED) is 0.364. The zero-order valence-electron chi connectivity index (χ0n) is 20.6. The Kier molecular flexibility index (Phi) is 5.66. The fourth-order valence-corrected chi connectivity index (χ4v) is 5.06. The number of nitrogens with zero attached hydrogens (tertiary/aromatic N) is 1. The molecule has 1 amide bonds. The number of Topliss-reactive ketones (excluding diaryl/α,β-unsaturated/α-hetero) is 1. The zero-order valence-corrected chi connectivity index (χ0v) is 20.6. The summed E-state index contributed by atoms with van der Waals surface area (Å²) in [5.74, 6) is -0.0398. The maximum atomic E-state index is 14.1. The van der Waals surface area contributed by atoms with Crippen LogP contribution in [0.1, 0.15) is 21.5 Å². The highest BCUT2D eigenvalue weighted by Gasteiger charge is 2.49. The molecule has 2 N–H and O–H groups in total. The van der Waals surface area contributed by atoms with Crippen LogP contribution < -0.4 is 15.0 Å². The van der Waals surface area contributed by atoms with Crippen LogP contribution in [0.4, 0.5) is 11.4 Å². The molecule has 2 aliphatic rings. The number of aliphatic hydroxyl groups is 1. The maximum Gasteiger partial charge on any atom is 0.261 e. The molecule has 0 fully saturated rings. The first-order chi connectivity index (χ1) is 18.5. The first-order valence-electron chi connectivity index (χ1n) is 12.2. The van der Waals surface area contributed by atoms with E-state index in [-0.39, 0.29) is 16.9 Å². The van der Waals surface area contributed by atoms with Gasteiger partial charge < -0.3 is 15.2 Å². The van der Waals surface area contributed by atoms with Crippen molar-refractivity contribution in [2.45, 2.75) is 5.72 Å². The normalized spacial score (nSPS) is 18.5. The smallest absolute Gasteiger partial charge is 0.261 e. The van der Waals surface area contributed by atoms with Gasteiger partial charge in [0.2, 0.25) is 0 Å². The number of rotatable bonds is 6. The van der Waals surface area contributed by atoms with Crippen molar-refractivity contribution in [1.29, 1.82) is 0 Å². The minimum atomic E-state index is -1.79. The number of nitrogens with one attached hydrogen (secondary N) is 1. The minimum absolute atomic E-state index is 0.136. The molecule has 0 radical (unpaired) electrons. The highest BCUT2D eigenvalue weighted by molar-refractivity contribution is 6.31. The van der Waals surface area contributed by atoms with Crippen LogP contribution in [0.3, 0.4) is 0 Å². The Morgan fingerprint density at radius 1 is 0.763 bits per heavy atom. The highest BCUT2D eigenvalue weighted by atomic mass is 16.5. The molecule has 0 aromatic heterocycles. The summed E-state index contributed by atoms with van der Waals surface area (Å²) < 4.78 is 5.27. The molecule has 0 saturated carbocycles. The van der Waals surface area contributed by atoms with Crippen molar-refractivity contribution in [1.82, 2.24) is 0 Å². The predicted octanol–water partition coefficient (Wildman–Crippen LogP) is 5.53. The number of hydrogen-bond donors (Lipinski definition) is 2. The molecule has 6 rings (SSSR count). The van der Waals surface area contributed by atoms with Gasteiger partial charge in [-0.15, -0.1) is 0 Å². The number of para-hydroxylation sites is 1. The number of hydrogen-bond acceptors (Lipinski definition) is 5. The monoisotopic (exact) mass is 500 g/mol. The molecule has 1 atom stereocenters. The van der Waals surface area contributed by atoms with Gasteiger partial charge in [-0.25, -0.2) is 0 Å². The van der Waals surface area contributed by atoms with E-state index in [2.05, 4.69) is 5.32 Å². The summed E-state index contributed by atoms with van der Waals surface area (Å²) in [6.07, 6.45) is 1.49. The van der Waals surface area contributed by atoms with E-state index >= 15 is 0 Å². The number of methoxy groups -OCH3 is 1. The minimum Gasteiger partial charge on any atom is -0.497 e. The van der Waals surface area contributed by atoms with E-state index in [4.69, 9.17) is 4.74 Å². The Morgan fingerprint density at radius 3 is 2.03 bits per heavy atom. The second-order valence-corrected chi connectivity index (χ2v) is 9.10. The van der Waals surface area contributed by atoms with Crippen LogP contribution in [-0.4, -0.2) is 23.9 Å². The standard InChI is InChI=1S/C32H24N2O4/c1-38-24-18-16-22(17-19-24)33-29-25-14-8-9-15-26(25)30(35)28(29)27-20-32(37,21-10-4-2-5-11-21)34(31(27)36)23-12-6-3-7-13-23/h2-20,33,37H,1H3. The molecule has 38 heavy (non-hydrogen) atoms. The first-order valence-corrected chi connectivity index (χ1v) is 12.2. The number of fused-ring (bicyclic) bond motifs is 1. The average molecular weight is 501 g/mol. The highest BCUT2D eigenvalue weighted by Crippen LogP contribution is 2.45. The summed E-state index contributed by atoms with van der Waals surface area (Å²) >= 11 is 0. The van der Waals surface area contributed by atoms with Crippen molar-refractivity contribution in [2.24, 2.45) is 0 Å². The van der Waals surface area contributed by atoms with E-state index < -0.39 is 11.6 Å². The van der Waals surface area contributed by atoms with Gasteiger partial charge in [0.05, 0.1) is 24.0 Å². The van der Waals surface area contributed by atoms with Gasteiger partial charge >= 0.3 is 0 Å². The molecule has 0 saturated heterocycles. The summed E-state index contributed by atoms with van der Waals surface area (Å²) in [6, 6.07) is 32.5. The summed E-state index contributed by atoms with van der Waals surface area (Å²) in [6.45, 7) is 0. The number of anilines is 2. The molecular weight excluding hydrogens is 476 g/mol. The van der Waals surface area contributed by atoms with Crippen molar-refractivity contribution < 1.29 is 19.4 Å². The van der Waals surface area contributed by atoms with Crippen LogP contribution in [0.5, 0.6) is 5.75 Å². The van der Waals surface area contributed by atoms with Crippen molar-refractivity contribution in [3.63, 3.8) is 0 Å². The second kappa shape index (κ2) is 9.18. The van der Waals surface area contributed by atoms with E-state index in [0.29, 0.717) is 33.8 Å². The van der Waals surface area contributed by atoms with Crippen LogP contribution in [0, 0.1) is 0 Å². The van der Waals surface area contributed by atoms with E-state index in [1.807, 2.05) is 48.5 Å². The topological polar surface area (TPSA) is 78.9 Å². The lowest BCUT2D eigenvalue weighted by Crippen LogP contribution is -2.44. The Bertz CT molecular complexity index is 1610.